The Labute approximate surface area is 166 Å². The van der Waals surface area contributed by atoms with E-state index >= 15 is 0 Å². The summed E-state index contributed by atoms with van der Waals surface area (Å²) in [6.45, 7) is 8.83. The molecule has 3 rings (SSSR count). The van der Waals surface area contributed by atoms with E-state index in [2.05, 4.69) is 16.5 Å². The first-order valence-electron chi connectivity index (χ1n) is 9.23. The van der Waals surface area contributed by atoms with E-state index in [4.69, 9.17) is 20.3 Å². The van der Waals surface area contributed by atoms with Gasteiger partial charge in [-0.15, -0.1) is 0 Å². The van der Waals surface area contributed by atoms with E-state index in [1.807, 2.05) is 65.1 Å². The minimum Gasteiger partial charge on any atom is -0.400 e. The standard InChI is InChI=1S/C20H26BN5O2/c1-19(2)20(3,4)28-21(27-19)16(13-24-5)10-14-6-8-17(9-7-14)26-18(23)15(11-22)12-25-26/h6-10,12,24H,13,23H2,1-5H3. The number of aromatic nitrogens is 2. The van der Waals surface area contributed by atoms with Gasteiger partial charge in [-0.1, -0.05) is 18.2 Å². The lowest BCUT2D eigenvalue weighted by Gasteiger charge is -2.32. The van der Waals surface area contributed by atoms with Gasteiger partial charge in [0, 0.05) is 6.54 Å². The van der Waals surface area contributed by atoms with Crippen molar-refractivity contribution in [1.29, 1.82) is 5.26 Å². The Morgan fingerprint density at radius 1 is 1.25 bits per heavy atom. The molecule has 3 N–H and O–H groups in total. The number of nitrogens with two attached hydrogens (primary N) is 1. The fourth-order valence-electron chi connectivity index (χ4n) is 2.98. The van der Waals surface area contributed by atoms with Crippen molar-refractivity contribution in [3.63, 3.8) is 0 Å². The zero-order valence-electron chi connectivity index (χ0n) is 17.0. The van der Waals surface area contributed by atoms with Crippen molar-refractivity contribution in [3.05, 3.63) is 47.1 Å². The van der Waals surface area contributed by atoms with E-state index in [1.165, 1.54) is 6.20 Å². The molecule has 1 aromatic carbocycles. The van der Waals surface area contributed by atoms with Gasteiger partial charge in [0.1, 0.15) is 17.5 Å². The Hall–Kier alpha value is -2.60. The van der Waals surface area contributed by atoms with Crippen molar-refractivity contribution in [3.8, 4) is 11.8 Å². The second-order valence-electron chi connectivity index (χ2n) is 7.90. The Balaban J connectivity index is 1.86. The van der Waals surface area contributed by atoms with Crippen LogP contribution in [0.2, 0.25) is 0 Å². The van der Waals surface area contributed by atoms with Crippen molar-refractivity contribution in [1.82, 2.24) is 15.1 Å². The van der Waals surface area contributed by atoms with Crippen LogP contribution in [0.1, 0.15) is 38.8 Å². The smallest absolute Gasteiger partial charge is 0.400 e. The monoisotopic (exact) mass is 379 g/mol. The van der Waals surface area contributed by atoms with Gasteiger partial charge in [-0.3, -0.25) is 0 Å². The van der Waals surface area contributed by atoms with Crippen LogP contribution in [0.3, 0.4) is 0 Å². The van der Waals surface area contributed by atoms with Crippen molar-refractivity contribution < 1.29 is 9.31 Å². The SMILES string of the molecule is CNCC(=Cc1ccc(-n2ncc(C#N)c2N)cc1)B1OC(C)(C)C(C)(C)O1. The number of nitriles is 1. The normalized spacial score (nSPS) is 18.3. The molecule has 2 heterocycles. The predicted octanol–water partition coefficient (Wildman–Crippen LogP) is 2.56. The number of hydrogen-bond donors (Lipinski definition) is 2. The first-order chi connectivity index (χ1) is 13.2. The van der Waals surface area contributed by atoms with Crippen molar-refractivity contribution in [2.45, 2.75) is 38.9 Å². The number of hydrogen-bond acceptors (Lipinski definition) is 6. The first-order valence-corrected chi connectivity index (χ1v) is 9.23. The molecular formula is C20H26BN5O2. The van der Waals surface area contributed by atoms with Crippen LogP contribution in [0.25, 0.3) is 11.8 Å². The lowest BCUT2D eigenvalue weighted by atomic mass is 9.77. The zero-order valence-corrected chi connectivity index (χ0v) is 17.0. The van der Waals surface area contributed by atoms with E-state index in [-0.39, 0.29) is 11.2 Å². The van der Waals surface area contributed by atoms with Gasteiger partial charge < -0.3 is 20.4 Å². The number of nitrogen functional groups attached to an aromatic ring is 1. The molecule has 0 spiro atoms. The molecule has 0 bridgehead atoms. The van der Waals surface area contributed by atoms with Gasteiger partial charge in [0.25, 0.3) is 0 Å². The Morgan fingerprint density at radius 2 is 1.86 bits per heavy atom. The van der Waals surface area contributed by atoms with E-state index < -0.39 is 7.12 Å². The Kier molecular flexibility index (Phi) is 5.35. The molecule has 1 saturated heterocycles. The summed E-state index contributed by atoms with van der Waals surface area (Å²) in [4.78, 5) is 0. The van der Waals surface area contributed by atoms with Gasteiger partial charge in [0.05, 0.1) is 23.1 Å². The van der Waals surface area contributed by atoms with Gasteiger partial charge in [0.2, 0.25) is 0 Å². The second-order valence-corrected chi connectivity index (χ2v) is 7.90. The first kappa shape index (κ1) is 20.1. The van der Waals surface area contributed by atoms with Crippen LogP contribution < -0.4 is 11.1 Å². The Morgan fingerprint density at radius 3 is 2.36 bits per heavy atom. The molecule has 8 heteroatoms. The molecular weight excluding hydrogens is 353 g/mol. The molecule has 7 nitrogen and oxygen atoms in total. The molecule has 0 aliphatic carbocycles. The summed E-state index contributed by atoms with van der Waals surface area (Å²) >= 11 is 0. The maximum Gasteiger partial charge on any atom is 0.491 e. The molecule has 146 valence electrons. The molecule has 0 radical (unpaired) electrons. The second kappa shape index (κ2) is 7.43. The molecule has 0 amide bonds. The van der Waals surface area contributed by atoms with Crippen LogP contribution in [0.4, 0.5) is 5.82 Å². The summed E-state index contributed by atoms with van der Waals surface area (Å²) in [6, 6.07) is 9.81. The van der Waals surface area contributed by atoms with E-state index in [1.54, 1.807) is 4.68 Å². The average molecular weight is 379 g/mol. The van der Waals surface area contributed by atoms with Crippen LogP contribution in [-0.4, -0.2) is 41.7 Å². The quantitative estimate of drug-likeness (QED) is 0.775. The lowest BCUT2D eigenvalue weighted by molar-refractivity contribution is 0.00578. The van der Waals surface area contributed by atoms with Gasteiger partial charge in [-0.2, -0.15) is 10.4 Å². The van der Waals surface area contributed by atoms with Crippen molar-refractivity contribution in [2.75, 3.05) is 19.3 Å². The molecule has 0 unspecified atom stereocenters. The van der Waals surface area contributed by atoms with E-state index in [0.717, 1.165) is 16.7 Å². The van der Waals surface area contributed by atoms with E-state index in [9.17, 15) is 0 Å². The summed E-state index contributed by atoms with van der Waals surface area (Å²) < 4.78 is 13.9. The summed E-state index contributed by atoms with van der Waals surface area (Å²) in [5.41, 5.74) is 8.37. The molecule has 0 atom stereocenters. The minimum atomic E-state index is -0.405. The van der Waals surface area contributed by atoms with Crippen LogP contribution in [0.5, 0.6) is 0 Å². The molecule has 1 aliphatic rings. The maximum absolute atomic E-state index is 9.03. The van der Waals surface area contributed by atoms with Gasteiger partial charge >= 0.3 is 7.12 Å². The van der Waals surface area contributed by atoms with E-state index in [0.29, 0.717) is 17.9 Å². The molecule has 0 saturated carbocycles. The molecule has 1 aliphatic heterocycles. The number of anilines is 1. The third kappa shape index (κ3) is 3.69. The zero-order chi connectivity index (χ0) is 20.5. The summed E-state index contributed by atoms with van der Waals surface area (Å²) in [5.74, 6) is 0.332. The number of benzene rings is 1. The van der Waals surface area contributed by atoms with Crippen LogP contribution in [-0.2, 0) is 9.31 Å². The molecule has 1 fully saturated rings. The number of nitrogens with one attached hydrogen (secondary N) is 1. The highest BCUT2D eigenvalue weighted by Crippen LogP contribution is 2.38. The fraction of sp³-hybridized carbons (Fsp3) is 0.400. The number of rotatable bonds is 5. The fourth-order valence-corrected chi connectivity index (χ4v) is 2.98. The highest BCUT2D eigenvalue weighted by Gasteiger charge is 2.52. The summed E-state index contributed by atoms with van der Waals surface area (Å²) in [5, 5.41) is 16.4. The van der Waals surface area contributed by atoms with Gasteiger partial charge in [-0.05, 0) is 57.9 Å². The number of nitrogens with zero attached hydrogens (tertiary/aromatic N) is 3. The molecule has 2 aromatic rings. The summed E-state index contributed by atoms with van der Waals surface area (Å²) in [7, 11) is 1.49. The lowest BCUT2D eigenvalue weighted by Crippen LogP contribution is -2.41. The number of likely N-dealkylation sites (N-methyl/N-ethyl adjacent to an activating group) is 1. The largest absolute Gasteiger partial charge is 0.491 e. The third-order valence-corrected chi connectivity index (χ3v) is 5.35. The van der Waals surface area contributed by atoms with Crippen LogP contribution in [0.15, 0.2) is 35.9 Å². The minimum absolute atomic E-state index is 0.332. The summed E-state index contributed by atoms with van der Waals surface area (Å²) in [6.07, 6.45) is 3.53. The van der Waals surface area contributed by atoms with Crippen molar-refractivity contribution in [2.24, 2.45) is 0 Å². The van der Waals surface area contributed by atoms with Crippen molar-refractivity contribution >= 4 is 19.0 Å². The van der Waals surface area contributed by atoms with Gasteiger partial charge in [0.15, 0.2) is 0 Å². The highest BCUT2D eigenvalue weighted by atomic mass is 16.7. The van der Waals surface area contributed by atoms with Crippen LogP contribution >= 0.6 is 0 Å². The van der Waals surface area contributed by atoms with Crippen LogP contribution in [0, 0.1) is 11.3 Å². The predicted molar refractivity (Wildman–Crippen MR) is 111 cm³/mol. The average Bonchev–Trinajstić information content (AvgIpc) is 3.11. The third-order valence-electron chi connectivity index (χ3n) is 5.35. The molecule has 28 heavy (non-hydrogen) atoms. The Bertz CT molecular complexity index is 909. The highest BCUT2D eigenvalue weighted by molar-refractivity contribution is 6.55. The molecule has 1 aromatic heterocycles. The maximum atomic E-state index is 9.03. The topological polar surface area (TPSA) is 98.1 Å². The van der Waals surface area contributed by atoms with Gasteiger partial charge in [-0.25, -0.2) is 4.68 Å².